The number of hydrogen-bond acceptors (Lipinski definition) is 2. The van der Waals surface area contributed by atoms with E-state index in [2.05, 4.69) is 5.32 Å². The zero-order valence-corrected chi connectivity index (χ0v) is 15.2. The number of rotatable bonds is 3. The van der Waals surface area contributed by atoms with Gasteiger partial charge in [0.05, 0.1) is 11.6 Å². The highest BCUT2D eigenvalue weighted by molar-refractivity contribution is 6.30. The Bertz CT molecular complexity index is 953. The highest BCUT2D eigenvalue weighted by atomic mass is 35.5. The molecule has 26 heavy (non-hydrogen) atoms. The summed E-state index contributed by atoms with van der Waals surface area (Å²) in [7, 11) is 0. The third kappa shape index (κ3) is 3.33. The second kappa shape index (κ2) is 7.10. The van der Waals surface area contributed by atoms with E-state index < -0.39 is 0 Å². The van der Waals surface area contributed by atoms with Gasteiger partial charge < -0.3 is 5.32 Å². The van der Waals surface area contributed by atoms with Gasteiger partial charge in [0, 0.05) is 10.0 Å². The molecule has 4 rings (SSSR count). The van der Waals surface area contributed by atoms with Crippen molar-refractivity contribution in [1.82, 2.24) is 5.32 Å². The first kappa shape index (κ1) is 17.1. The van der Waals surface area contributed by atoms with Gasteiger partial charge in [-0.2, -0.15) is 0 Å². The Morgan fingerprint density at radius 3 is 1.96 bits per heavy atom. The number of benzene rings is 3. The van der Waals surface area contributed by atoms with E-state index in [4.69, 9.17) is 28.2 Å². The lowest BCUT2D eigenvalue weighted by atomic mass is 9.95. The van der Waals surface area contributed by atoms with Crippen LogP contribution in [-0.2, 0) is 0 Å². The first-order valence-electron chi connectivity index (χ1n) is 8.22. The Morgan fingerprint density at radius 2 is 1.35 bits per heavy atom. The van der Waals surface area contributed by atoms with Gasteiger partial charge in [0.15, 0.2) is 0 Å². The Morgan fingerprint density at radius 1 is 0.769 bits per heavy atom. The van der Waals surface area contributed by atoms with Crippen molar-refractivity contribution in [1.29, 1.82) is 0 Å². The fourth-order valence-corrected chi connectivity index (χ4v) is 3.39. The van der Waals surface area contributed by atoms with Gasteiger partial charge in [-0.25, -0.2) is 4.39 Å². The van der Waals surface area contributed by atoms with Crippen LogP contribution in [0.15, 0.2) is 77.8 Å². The number of nitrogens with one attached hydrogen (secondary N) is 1. The maximum Gasteiger partial charge on any atom is 0.134 e. The van der Waals surface area contributed by atoms with E-state index in [1.54, 1.807) is 18.2 Å². The van der Waals surface area contributed by atoms with E-state index in [0.717, 1.165) is 11.1 Å². The van der Waals surface area contributed by atoms with Crippen molar-refractivity contribution in [2.75, 3.05) is 0 Å². The summed E-state index contributed by atoms with van der Waals surface area (Å²) in [4.78, 5) is 4.79. The largest absolute Gasteiger partial charge is 0.360 e. The number of aliphatic imine (C=N–C) groups is 1. The molecule has 1 heterocycles. The van der Waals surface area contributed by atoms with E-state index in [1.807, 2.05) is 48.5 Å². The van der Waals surface area contributed by atoms with E-state index >= 15 is 0 Å². The molecule has 3 aromatic rings. The van der Waals surface area contributed by atoms with E-state index in [1.165, 1.54) is 6.07 Å². The number of amidine groups is 1. The first-order chi connectivity index (χ1) is 12.6. The molecule has 0 unspecified atom stereocenters. The molecule has 1 aliphatic rings. The van der Waals surface area contributed by atoms with Gasteiger partial charge in [-0.15, -0.1) is 0 Å². The minimum Gasteiger partial charge on any atom is -0.360 e. The number of nitrogens with zero attached hydrogens (tertiary/aromatic N) is 1. The maximum absolute atomic E-state index is 14.3. The van der Waals surface area contributed by atoms with Crippen LogP contribution in [0.5, 0.6) is 0 Å². The summed E-state index contributed by atoms with van der Waals surface area (Å²) in [5.41, 5.74) is 2.50. The van der Waals surface area contributed by atoms with Crippen molar-refractivity contribution in [3.8, 4) is 0 Å². The normalized spacial score (nSPS) is 19.1. The third-order valence-corrected chi connectivity index (χ3v) is 4.95. The smallest absolute Gasteiger partial charge is 0.134 e. The zero-order valence-electron chi connectivity index (χ0n) is 13.7. The molecule has 5 heteroatoms. The fraction of sp³-hybridized carbons (Fsp3) is 0.0952. The predicted molar refractivity (Wildman–Crippen MR) is 104 cm³/mol. The van der Waals surface area contributed by atoms with Gasteiger partial charge in [-0.3, -0.25) is 4.99 Å². The Hall–Kier alpha value is -2.36. The molecular formula is C21H15Cl2FN2. The van der Waals surface area contributed by atoms with Crippen molar-refractivity contribution in [2.24, 2.45) is 4.99 Å². The van der Waals surface area contributed by atoms with Crippen LogP contribution in [0.3, 0.4) is 0 Å². The molecule has 0 radical (unpaired) electrons. The second-order valence-electron chi connectivity index (χ2n) is 6.13. The zero-order chi connectivity index (χ0) is 18.1. The minimum absolute atomic E-state index is 0.122. The quantitative estimate of drug-likeness (QED) is 0.591. The third-order valence-electron chi connectivity index (χ3n) is 4.45. The minimum atomic E-state index is -0.301. The van der Waals surface area contributed by atoms with E-state index in [-0.39, 0.29) is 17.9 Å². The number of halogens is 3. The lowest BCUT2D eigenvalue weighted by Gasteiger charge is -2.20. The van der Waals surface area contributed by atoms with Crippen molar-refractivity contribution in [3.05, 3.63) is 105 Å². The molecule has 0 amide bonds. The van der Waals surface area contributed by atoms with Crippen molar-refractivity contribution in [2.45, 2.75) is 12.1 Å². The molecule has 0 aliphatic carbocycles. The van der Waals surface area contributed by atoms with Crippen LogP contribution >= 0.6 is 23.2 Å². The van der Waals surface area contributed by atoms with E-state index in [9.17, 15) is 4.39 Å². The molecule has 0 saturated heterocycles. The van der Waals surface area contributed by atoms with Crippen LogP contribution in [0.4, 0.5) is 4.39 Å². The van der Waals surface area contributed by atoms with Gasteiger partial charge in [0.2, 0.25) is 0 Å². The molecule has 1 N–H and O–H groups in total. The molecule has 0 fully saturated rings. The van der Waals surface area contributed by atoms with Crippen LogP contribution < -0.4 is 5.32 Å². The van der Waals surface area contributed by atoms with Gasteiger partial charge in [-0.1, -0.05) is 59.6 Å². The van der Waals surface area contributed by atoms with Crippen LogP contribution in [0.1, 0.15) is 28.8 Å². The molecule has 130 valence electrons. The first-order valence-corrected chi connectivity index (χ1v) is 8.97. The van der Waals surface area contributed by atoms with Crippen molar-refractivity contribution in [3.63, 3.8) is 0 Å². The van der Waals surface area contributed by atoms with E-state index in [0.29, 0.717) is 21.4 Å². The molecule has 0 saturated carbocycles. The topological polar surface area (TPSA) is 24.4 Å². The van der Waals surface area contributed by atoms with Crippen LogP contribution in [0.2, 0.25) is 10.0 Å². The summed E-state index contributed by atoms with van der Waals surface area (Å²) >= 11 is 12.0. The van der Waals surface area contributed by atoms with Crippen molar-refractivity contribution < 1.29 is 4.39 Å². The summed E-state index contributed by atoms with van der Waals surface area (Å²) in [5, 5.41) is 4.72. The molecule has 0 bridgehead atoms. The lowest BCUT2D eigenvalue weighted by Crippen LogP contribution is -2.25. The Kier molecular flexibility index (Phi) is 4.66. The van der Waals surface area contributed by atoms with Crippen LogP contribution in [0.25, 0.3) is 0 Å². The second-order valence-corrected chi connectivity index (χ2v) is 7.00. The van der Waals surface area contributed by atoms with Gasteiger partial charge >= 0.3 is 0 Å². The average Bonchev–Trinajstić information content (AvgIpc) is 3.08. The summed E-state index contributed by atoms with van der Waals surface area (Å²) < 4.78 is 14.3. The van der Waals surface area contributed by atoms with Gasteiger partial charge in [-0.05, 0) is 47.5 Å². The van der Waals surface area contributed by atoms with Crippen LogP contribution in [0, 0.1) is 5.82 Å². The monoisotopic (exact) mass is 384 g/mol. The highest BCUT2D eigenvalue weighted by Crippen LogP contribution is 2.38. The predicted octanol–water partition coefficient (Wildman–Crippen LogP) is 5.96. The Balaban J connectivity index is 1.77. The summed E-state index contributed by atoms with van der Waals surface area (Å²) in [6.07, 6.45) is 0. The molecule has 1 aliphatic heterocycles. The molecular weight excluding hydrogens is 370 g/mol. The SMILES string of the molecule is Fc1ccccc1C1=N[C@H](c2ccc(Cl)cc2)[C@H](c2ccc(Cl)cc2)N1. The standard InChI is InChI=1S/C21H15Cl2FN2/c22-15-9-5-13(6-10-15)19-20(14-7-11-16(23)12-8-14)26-21(25-19)17-3-1-2-4-18(17)24/h1-12,19-20H,(H,25,26)/t19-,20+. The molecule has 0 aromatic heterocycles. The summed E-state index contributed by atoms with van der Waals surface area (Å²) in [6.45, 7) is 0. The van der Waals surface area contributed by atoms with Gasteiger partial charge in [0.1, 0.15) is 17.7 Å². The number of hydrogen-bond donors (Lipinski definition) is 1. The average molecular weight is 385 g/mol. The lowest BCUT2D eigenvalue weighted by molar-refractivity contribution is 0.571. The Labute approximate surface area is 161 Å². The maximum atomic E-state index is 14.3. The molecule has 0 spiro atoms. The van der Waals surface area contributed by atoms with Gasteiger partial charge in [0.25, 0.3) is 0 Å². The van der Waals surface area contributed by atoms with Crippen molar-refractivity contribution >= 4 is 29.0 Å². The molecule has 3 aromatic carbocycles. The highest BCUT2D eigenvalue weighted by Gasteiger charge is 2.32. The molecule has 2 atom stereocenters. The fourth-order valence-electron chi connectivity index (χ4n) is 3.14. The summed E-state index contributed by atoms with van der Waals surface area (Å²) in [6, 6.07) is 21.5. The van der Waals surface area contributed by atoms with Crippen LogP contribution in [-0.4, -0.2) is 5.84 Å². The molecule has 2 nitrogen and oxygen atoms in total. The summed E-state index contributed by atoms with van der Waals surface area (Å²) in [5.74, 6) is 0.244.